The Hall–Kier alpha value is -0.830. The summed E-state index contributed by atoms with van der Waals surface area (Å²) in [6.45, 7) is 14.9. The van der Waals surface area contributed by atoms with Gasteiger partial charge >= 0.3 is 0 Å². The van der Waals surface area contributed by atoms with Crippen LogP contribution in [0.3, 0.4) is 0 Å². The Morgan fingerprint density at radius 2 is 1.73 bits per heavy atom. The largest absolute Gasteiger partial charge is 0.390 e. The summed E-state index contributed by atoms with van der Waals surface area (Å²) in [5.74, 6) is -0.381. The third-order valence-corrected chi connectivity index (χ3v) is 12.8. The highest BCUT2D eigenvalue weighted by atomic mass is 16.8. The van der Waals surface area contributed by atoms with Crippen LogP contribution in [0.15, 0.2) is 11.6 Å². The third-order valence-electron chi connectivity index (χ3n) is 12.8. The van der Waals surface area contributed by atoms with Gasteiger partial charge < -0.3 is 29.2 Å². The van der Waals surface area contributed by atoms with E-state index in [2.05, 4.69) is 34.6 Å². The van der Waals surface area contributed by atoms with Crippen LogP contribution in [0.4, 0.5) is 0 Å². The molecule has 7 heteroatoms. The molecule has 4 aliphatic carbocycles. The van der Waals surface area contributed by atoms with Gasteiger partial charge in [0.25, 0.3) is 0 Å². The molecule has 226 valence electrons. The molecule has 6 aliphatic rings. The van der Waals surface area contributed by atoms with Gasteiger partial charge in [-0.3, -0.25) is 4.79 Å². The number of ketones is 1. The van der Waals surface area contributed by atoms with Gasteiger partial charge in [-0.15, -0.1) is 0 Å². The van der Waals surface area contributed by atoms with E-state index in [4.69, 9.17) is 18.9 Å². The van der Waals surface area contributed by atoms with Crippen molar-refractivity contribution in [1.82, 2.24) is 0 Å². The minimum Gasteiger partial charge on any atom is -0.390 e. The molecule has 0 aromatic carbocycles. The fourth-order valence-corrected chi connectivity index (χ4v) is 10.4. The maximum atomic E-state index is 13.8. The molecular formula is C33H52O7. The number of hydrogen-bond acceptors (Lipinski definition) is 7. The summed E-state index contributed by atoms with van der Waals surface area (Å²) in [7, 11) is 0. The molecule has 0 unspecified atom stereocenters. The van der Waals surface area contributed by atoms with Crippen molar-refractivity contribution in [1.29, 1.82) is 0 Å². The lowest BCUT2D eigenvalue weighted by Crippen LogP contribution is -2.62. The number of allylic oxidation sites excluding steroid dienone is 1. The van der Waals surface area contributed by atoms with Gasteiger partial charge in [0.1, 0.15) is 6.79 Å². The van der Waals surface area contributed by atoms with Crippen LogP contribution < -0.4 is 0 Å². The molecule has 0 bridgehead atoms. The Morgan fingerprint density at radius 1 is 1.02 bits per heavy atom. The molecule has 5 fully saturated rings. The predicted molar refractivity (Wildman–Crippen MR) is 150 cm³/mol. The summed E-state index contributed by atoms with van der Waals surface area (Å²) < 4.78 is 25.6. The summed E-state index contributed by atoms with van der Waals surface area (Å²) in [5.41, 5.74) is -2.20. The Labute approximate surface area is 240 Å². The standard InChI is InChI=1S/C33H52O7/c1-8-32(9-2)39-27(12-13-28(3,4)35)31(7,40-32)26-11-15-33(36)21-16-23(34)22-17-24-25(38-19-37-24)18-29(22,5)20(21)10-14-30(26,33)6/h16,20,22,24-27,35-36H,8-15,17-19H2,1-7H3/t20-,22-,24+,25-,26-,27+,29+,30+,31+,33+/m0/s1. The first kappa shape index (κ1) is 29.3. The van der Waals surface area contributed by atoms with Crippen LogP contribution in [0.5, 0.6) is 0 Å². The highest BCUT2D eigenvalue weighted by molar-refractivity contribution is 5.95. The number of aliphatic hydroxyl groups is 2. The molecule has 6 rings (SSSR count). The second kappa shape index (κ2) is 9.33. The lowest BCUT2D eigenvalue weighted by atomic mass is 9.45. The number of fused-ring (bicyclic) bond motifs is 6. The summed E-state index contributed by atoms with van der Waals surface area (Å²) in [6.07, 6.45) is 9.27. The first-order valence-corrected chi connectivity index (χ1v) is 16.0. The van der Waals surface area contributed by atoms with Crippen LogP contribution in [0.1, 0.15) is 113 Å². The second-order valence-electron chi connectivity index (χ2n) is 15.3. The molecule has 0 spiro atoms. The number of hydrogen-bond donors (Lipinski definition) is 2. The quantitative estimate of drug-likeness (QED) is 0.446. The smallest absolute Gasteiger partial charge is 0.169 e. The lowest BCUT2D eigenvalue weighted by molar-refractivity contribution is -0.212. The van der Waals surface area contributed by atoms with Crippen molar-refractivity contribution < 1.29 is 34.0 Å². The normalized spacial score (nSPS) is 49.7. The van der Waals surface area contributed by atoms with Crippen molar-refractivity contribution in [3.8, 4) is 0 Å². The van der Waals surface area contributed by atoms with E-state index in [0.29, 0.717) is 32.5 Å². The average molecular weight is 561 g/mol. The van der Waals surface area contributed by atoms with E-state index in [-0.39, 0.29) is 47.3 Å². The Balaban J connectivity index is 1.35. The number of carbonyl (C=O) groups excluding carboxylic acids is 1. The molecular weight excluding hydrogens is 508 g/mol. The van der Waals surface area contributed by atoms with Crippen LogP contribution >= 0.6 is 0 Å². The van der Waals surface area contributed by atoms with Crippen molar-refractivity contribution >= 4 is 5.78 Å². The maximum Gasteiger partial charge on any atom is 0.169 e. The topological polar surface area (TPSA) is 94.5 Å². The van der Waals surface area contributed by atoms with Crippen LogP contribution in [-0.4, -0.2) is 63.7 Å². The fraction of sp³-hybridized carbons (Fsp3) is 0.909. The zero-order valence-corrected chi connectivity index (χ0v) is 25.8. The van der Waals surface area contributed by atoms with Crippen molar-refractivity contribution in [2.45, 2.75) is 154 Å². The van der Waals surface area contributed by atoms with Crippen LogP contribution in [0.25, 0.3) is 0 Å². The van der Waals surface area contributed by atoms with Gasteiger partial charge in [-0.25, -0.2) is 0 Å². The van der Waals surface area contributed by atoms with Crippen LogP contribution in [-0.2, 0) is 23.7 Å². The maximum absolute atomic E-state index is 13.8. The second-order valence-corrected chi connectivity index (χ2v) is 15.3. The molecule has 3 saturated carbocycles. The first-order valence-electron chi connectivity index (χ1n) is 16.0. The first-order chi connectivity index (χ1) is 18.6. The molecule has 2 heterocycles. The Kier molecular flexibility index (Phi) is 6.82. The SMILES string of the molecule is CCC1(CC)O[C@H](CCC(C)(C)O)[C@@](C)([C@H]2CC[C@@]3(O)C4=CC(=O)[C@@H]5C[C@H]6OCO[C@H]6C[C@]5(C)[C@H]4CC[C@]23C)O1. The van der Waals surface area contributed by atoms with E-state index in [1.807, 2.05) is 19.9 Å². The van der Waals surface area contributed by atoms with E-state index >= 15 is 0 Å². The van der Waals surface area contributed by atoms with Crippen molar-refractivity contribution in [2.75, 3.05) is 6.79 Å². The Morgan fingerprint density at radius 3 is 2.40 bits per heavy atom. The number of ether oxygens (including phenoxy) is 4. The van der Waals surface area contributed by atoms with Gasteiger partial charge in [-0.05, 0) is 114 Å². The highest BCUT2D eigenvalue weighted by Crippen LogP contribution is 2.70. The van der Waals surface area contributed by atoms with Gasteiger partial charge in [-0.1, -0.05) is 27.7 Å². The van der Waals surface area contributed by atoms with Gasteiger partial charge in [0, 0.05) is 11.3 Å². The summed E-state index contributed by atoms with van der Waals surface area (Å²) in [5, 5.41) is 23.4. The lowest BCUT2D eigenvalue weighted by Gasteiger charge is -2.60. The van der Waals surface area contributed by atoms with Gasteiger partial charge in [-0.2, -0.15) is 0 Å². The van der Waals surface area contributed by atoms with Crippen LogP contribution in [0, 0.1) is 28.6 Å². The molecule has 0 amide bonds. The molecule has 0 radical (unpaired) electrons. The number of carbonyl (C=O) groups is 1. The number of rotatable bonds is 6. The molecule has 7 nitrogen and oxygen atoms in total. The van der Waals surface area contributed by atoms with Gasteiger partial charge in [0.15, 0.2) is 11.6 Å². The van der Waals surface area contributed by atoms with E-state index < -0.39 is 28.0 Å². The van der Waals surface area contributed by atoms with Crippen molar-refractivity contribution in [2.24, 2.45) is 28.6 Å². The fourth-order valence-electron chi connectivity index (χ4n) is 10.4. The van der Waals surface area contributed by atoms with Gasteiger partial charge in [0.05, 0.1) is 35.1 Å². The molecule has 0 aromatic rings. The summed E-state index contributed by atoms with van der Waals surface area (Å²) >= 11 is 0. The minimum atomic E-state index is -1.06. The van der Waals surface area contributed by atoms with Crippen molar-refractivity contribution in [3.63, 3.8) is 0 Å². The molecule has 10 atom stereocenters. The Bertz CT molecular complexity index is 1060. The minimum absolute atomic E-state index is 0.00229. The molecule has 0 aromatic heterocycles. The average Bonchev–Trinajstić information content (AvgIpc) is 3.54. The van der Waals surface area contributed by atoms with Crippen molar-refractivity contribution in [3.05, 3.63) is 11.6 Å². The van der Waals surface area contributed by atoms with E-state index in [9.17, 15) is 15.0 Å². The summed E-state index contributed by atoms with van der Waals surface area (Å²) in [6, 6.07) is 0. The van der Waals surface area contributed by atoms with Crippen LogP contribution in [0.2, 0.25) is 0 Å². The molecule has 2 N–H and O–H groups in total. The predicted octanol–water partition coefficient (Wildman–Crippen LogP) is 5.45. The monoisotopic (exact) mass is 560 g/mol. The zero-order chi connectivity index (χ0) is 28.9. The highest BCUT2D eigenvalue weighted by Gasteiger charge is 2.71. The van der Waals surface area contributed by atoms with Gasteiger partial charge in [0.2, 0.25) is 0 Å². The van der Waals surface area contributed by atoms with E-state index in [1.165, 1.54) is 0 Å². The molecule has 2 saturated heterocycles. The molecule has 40 heavy (non-hydrogen) atoms. The van der Waals surface area contributed by atoms with E-state index in [0.717, 1.165) is 44.1 Å². The zero-order valence-electron chi connectivity index (χ0n) is 25.8. The van der Waals surface area contributed by atoms with E-state index in [1.54, 1.807) is 0 Å². The molecule has 2 aliphatic heterocycles. The third kappa shape index (κ3) is 4.01. The summed E-state index contributed by atoms with van der Waals surface area (Å²) in [4.78, 5) is 13.8.